The molecule has 0 radical (unpaired) electrons. The number of hydrogen-bond donors (Lipinski definition) is 1. The van der Waals surface area contributed by atoms with Crippen molar-refractivity contribution in [1.29, 1.82) is 0 Å². The van der Waals surface area contributed by atoms with Gasteiger partial charge in [-0.2, -0.15) is 0 Å². The average Bonchev–Trinajstić information content (AvgIpc) is 3.23. The number of aliphatic hydroxyl groups is 1. The van der Waals surface area contributed by atoms with Gasteiger partial charge in [0.15, 0.2) is 15.6 Å². The molecule has 4 aliphatic carbocycles. The van der Waals surface area contributed by atoms with E-state index in [2.05, 4.69) is 13.8 Å². The first-order chi connectivity index (χ1) is 12.0. The van der Waals surface area contributed by atoms with Crippen molar-refractivity contribution in [3.8, 4) is 0 Å². The Hall–Kier alpha value is -0.460. The molecule has 0 bridgehead atoms. The number of rotatable bonds is 1. The number of ketones is 1. The minimum atomic E-state index is -3.42. The van der Waals surface area contributed by atoms with Crippen molar-refractivity contribution < 1.29 is 23.1 Å². The van der Waals surface area contributed by atoms with Crippen LogP contribution in [0.1, 0.15) is 58.8 Å². The molecule has 5 fully saturated rings. The lowest BCUT2D eigenvalue weighted by Gasteiger charge is -2.59. The molecule has 1 spiro atoms. The molecule has 0 amide bonds. The normalized spacial score (nSPS) is 58.4. The number of carbonyl (C=O) groups excluding carboxylic acids is 1. The van der Waals surface area contributed by atoms with Crippen LogP contribution >= 0.6 is 0 Å². The largest absolute Gasteiger partial charge is 0.393 e. The Morgan fingerprint density at radius 1 is 1.08 bits per heavy atom. The Morgan fingerprint density at radius 3 is 2.50 bits per heavy atom. The number of hydrogen-bond acceptors (Lipinski definition) is 5. The Labute approximate surface area is 155 Å². The monoisotopic (exact) mass is 382 g/mol. The van der Waals surface area contributed by atoms with Crippen molar-refractivity contribution in [2.75, 3.05) is 6.26 Å². The highest BCUT2D eigenvalue weighted by molar-refractivity contribution is 7.92. The molecule has 1 heterocycles. The summed E-state index contributed by atoms with van der Waals surface area (Å²) in [6.45, 7) is 4.45. The maximum absolute atomic E-state index is 12.7. The van der Waals surface area contributed by atoms with Crippen LogP contribution in [0.4, 0.5) is 0 Å². The summed E-state index contributed by atoms with van der Waals surface area (Å²) < 4.78 is 30.7. The van der Waals surface area contributed by atoms with Crippen LogP contribution in [0, 0.1) is 28.6 Å². The lowest BCUT2D eigenvalue weighted by atomic mass is 9.45. The summed E-state index contributed by atoms with van der Waals surface area (Å²) in [6, 6.07) is 0. The van der Waals surface area contributed by atoms with Gasteiger partial charge in [-0.25, -0.2) is 8.42 Å². The predicted molar refractivity (Wildman–Crippen MR) is 96.3 cm³/mol. The number of Topliss-reactive ketones (excluding diaryl/α,β-unsaturated/α-hetero) is 1. The highest BCUT2D eigenvalue weighted by atomic mass is 32.2. The minimum Gasteiger partial charge on any atom is -0.393 e. The van der Waals surface area contributed by atoms with E-state index in [0.29, 0.717) is 24.2 Å². The Bertz CT molecular complexity index is 777. The van der Waals surface area contributed by atoms with E-state index in [0.717, 1.165) is 38.5 Å². The summed E-state index contributed by atoms with van der Waals surface area (Å²) in [7, 11) is -3.42. The molecule has 5 aliphatic rings. The molecule has 9 atom stereocenters. The van der Waals surface area contributed by atoms with Gasteiger partial charge in [-0.15, -0.1) is 0 Å². The van der Waals surface area contributed by atoms with Gasteiger partial charge in [-0.3, -0.25) is 4.79 Å². The third-order valence-electron chi connectivity index (χ3n) is 9.42. The summed E-state index contributed by atoms with van der Waals surface area (Å²) in [5.41, 5.74) is -0.666. The second-order valence-corrected chi connectivity index (χ2v) is 12.5. The summed E-state index contributed by atoms with van der Waals surface area (Å²) >= 11 is 0. The van der Waals surface area contributed by atoms with E-state index < -0.39 is 26.8 Å². The second kappa shape index (κ2) is 4.93. The number of ether oxygens (including phenoxy) is 1. The van der Waals surface area contributed by atoms with Crippen LogP contribution in [0.2, 0.25) is 0 Å². The Morgan fingerprint density at radius 2 is 1.81 bits per heavy atom. The standard InChI is InChI=1S/C20H30O5S/c1-18-8-7-13-11(12(18)4-5-15(18)21)6-9-20-17(25-20)16(22)14(26(3,23)24)10-19(13,20)2/h11-15,17,21H,4-10H2,1-3H3/t11-,12-,13-,14-,15-,17-,18-,19+,20?/m0/s1. The van der Waals surface area contributed by atoms with Gasteiger partial charge in [0.05, 0.1) is 6.10 Å². The molecule has 0 aromatic carbocycles. The van der Waals surface area contributed by atoms with Crippen LogP contribution in [0.25, 0.3) is 0 Å². The molecule has 1 saturated heterocycles. The van der Waals surface area contributed by atoms with Crippen LogP contribution in [0.3, 0.4) is 0 Å². The lowest BCUT2D eigenvalue weighted by Crippen LogP contribution is -2.61. The van der Waals surface area contributed by atoms with Crippen LogP contribution < -0.4 is 0 Å². The van der Waals surface area contributed by atoms with Crippen molar-refractivity contribution in [2.45, 2.75) is 81.9 Å². The molecule has 146 valence electrons. The molecule has 26 heavy (non-hydrogen) atoms. The van der Waals surface area contributed by atoms with E-state index in [-0.39, 0.29) is 22.7 Å². The van der Waals surface area contributed by atoms with Gasteiger partial charge in [-0.1, -0.05) is 13.8 Å². The zero-order valence-electron chi connectivity index (χ0n) is 15.9. The van der Waals surface area contributed by atoms with Crippen LogP contribution in [-0.4, -0.2) is 48.6 Å². The Balaban J connectivity index is 1.54. The molecular formula is C20H30O5S. The van der Waals surface area contributed by atoms with E-state index in [1.807, 2.05) is 0 Å². The first kappa shape index (κ1) is 17.6. The summed E-state index contributed by atoms with van der Waals surface area (Å²) in [5.74, 6) is 1.21. The van der Waals surface area contributed by atoms with Crippen molar-refractivity contribution in [2.24, 2.45) is 28.6 Å². The van der Waals surface area contributed by atoms with Crippen molar-refractivity contribution in [3.63, 3.8) is 0 Å². The van der Waals surface area contributed by atoms with Crippen molar-refractivity contribution in [1.82, 2.24) is 0 Å². The third kappa shape index (κ3) is 1.89. The molecule has 5 rings (SSSR count). The topological polar surface area (TPSA) is 84.0 Å². The van der Waals surface area contributed by atoms with Gasteiger partial charge in [0.25, 0.3) is 0 Å². The van der Waals surface area contributed by atoms with Gasteiger partial charge in [0, 0.05) is 11.7 Å². The lowest BCUT2D eigenvalue weighted by molar-refractivity contribution is -0.133. The smallest absolute Gasteiger partial charge is 0.182 e. The van der Waals surface area contributed by atoms with Gasteiger partial charge in [0.2, 0.25) is 0 Å². The maximum atomic E-state index is 12.7. The molecule has 6 heteroatoms. The molecule has 1 aliphatic heterocycles. The van der Waals surface area contributed by atoms with E-state index in [4.69, 9.17) is 4.74 Å². The van der Waals surface area contributed by atoms with Gasteiger partial charge < -0.3 is 9.84 Å². The summed E-state index contributed by atoms with van der Waals surface area (Å²) in [5, 5.41) is 9.66. The molecule has 1 N–H and O–H groups in total. The quantitative estimate of drug-likeness (QED) is 0.702. The van der Waals surface area contributed by atoms with E-state index in [9.17, 15) is 18.3 Å². The highest BCUT2D eigenvalue weighted by Gasteiger charge is 2.78. The zero-order valence-corrected chi connectivity index (χ0v) is 16.7. The number of sulfone groups is 1. The van der Waals surface area contributed by atoms with E-state index in [1.54, 1.807) is 0 Å². The van der Waals surface area contributed by atoms with E-state index >= 15 is 0 Å². The number of epoxide rings is 1. The molecular weight excluding hydrogens is 352 g/mol. The van der Waals surface area contributed by atoms with Gasteiger partial charge >= 0.3 is 0 Å². The highest BCUT2D eigenvalue weighted by Crippen LogP contribution is 2.72. The van der Waals surface area contributed by atoms with Crippen molar-refractivity contribution in [3.05, 3.63) is 0 Å². The minimum absolute atomic E-state index is 0.00651. The Kier molecular flexibility index (Phi) is 3.34. The fraction of sp³-hybridized carbons (Fsp3) is 0.950. The van der Waals surface area contributed by atoms with Crippen LogP contribution in [-0.2, 0) is 19.4 Å². The predicted octanol–water partition coefficient (Wildman–Crippen LogP) is 2.11. The molecule has 0 aromatic heterocycles. The number of aliphatic hydroxyl groups excluding tert-OH is 1. The molecule has 1 unspecified atom stereocenters. The third-order valence-corrected chi connectivity index (χ3v) is 10.9. The second-order valence-electron chi connectivity index (χ2n) is 10.3. The average molecular weight is 383 g/mol. The number of fused-ring (bicyclic) bond motifs is 4. The first-order valence-corrected chi connectivity index (χ1v) is 12.1. The summed E-state index contributed by atoms with van der Waals surface area (Å²) in [4.78, 5) is 12.7. The molecule has 0 aromatic rings. The zero-order chi connectivity index (χ0) is 18.7. The first-order valence-electron chi connectivity index (χ1n) is 10.1. The van der Waals surface area contributed by atoms with Crippen molar-refractivity contribution >= 4 is 15.6 Å². The molecule has 4 saturated carbocycles. The van der Waals surface area contributed by atoms with Gasteiger partial charge in [-0.05, 0) is 68.1 Å². The maximum Gasteiger partial charge on any atom is 0.182 e. The number of carbonyl (C=O) groups is 1. The van der Waals surface area contributed by atoms with E-state index in [1.165, 1.54) is 6.26 Å². The fourth-order valence-corrected chi connectivity index (χ4v) is 9.06. The summed E-state index contributed by atoms with van der Waals surface area (Å²) in [6.07, 6.45) is 6.75. The van der Waals surface area contributed by atoms with Gasteiger partial charge in [0.1, 0.15) is 17.0 Å². The SMILES string of the molecule is C[C@]12CC[C@H]3[C@@H](CCC45O[C@H]4C(=O)[C@@H](S(C)(=O)=O)C[C@]35C)[C@@H]1CC[C@@H]2O. The van der Waals surface area contributed by atoms with Crippen LogP contribution in [0.5, 0.6) is 0 Å². The van der Waals surface area contributed by atoms with Crippen LogP contribution in [0.15, 0.2) is 0 Å². The fourth-order valence-electron chi connectivity index (χ4n) is 7.86. The molecule has 5 nitrogen and oxygen atoms in total.